The molecule has 0 saturated heterocycles. The van der Waals surface area contributed by atoms with Crippen molar-refractivity contribution in [1.29, 1.82) is 0 Å². The number of hydrogen-bond acceptors (Lipinski definition) is 2. The van der Waals surface area contributed by atoms with Gasteiger partial charge in [0.1, 0.15) is 0 Å². The van der Waals surface area contributed by atoms with Crippen LogP contribution in [0, 0.1) is 0 Å². The first-order valence-corrected chi connectivity index (χ1v) is 7.97. The smallest absolute Gasteiger partial charge is 0.320 e. The summed E-state index contributed by atoms with van der Waals surface area (Å²) in [6.07, 6.45) is -2.92. The molecule has 0 unspecified atom stereocenters. The zero-order valence-corrected chi connectivity index (χ0v) is 14.0. The van der Waals surface area contributed by atoms with Gasteiger partial charge in [-0.1, -0.05) is 41.9 Å². The minimum Gasteiger partial charge on any atom is -0.320 e. The molecule has 26 heavy (non-hydrogen) atoms. The molecule has 0 aliphatic heterocycles. The zero-order valence-electron chi connectivity index (χ0n) is 13.2. The van der Waals surface area contributed by atoms with Crippen LogP contribution in [0.1, 0.15) is 11.1 Å². The Balaban J connectivity index is 1.93. The third kappa shape index (κ3) is 3.70. The van der Waals surface area contributed by atoms with Gasteiger partial charge in [-0.25, -0.2) is 0 Å². The van der Waals surface area contributed by atoms with Crippen LogP contribution >= 0.6 is 11.6 Å². The molecule has 0 fully saturated rings. The quantitative estimate of drug-likeness (QED) is 0.616. The third-order valence-corrected chi connectivity index (χ3v) is 3.95. The van der Waals surface area contributed by atoms with Crippen molar-refractivity contribution in [3.05, 3.63) is 77.5 Å². The number of benzene rings is 2. The van der Waals surface area contributed by atoms with Crippen LogP contribution in [0.15, 0.2) is 66.3 Å². The monoisotopic (exact) mass is 376 g/mol. The maximum Gasteiger partial charge on any atom is 0.416 e. The van der Waals surface area contributed by atoms with E-state index >= 15 is 0 Å². The summed E-state index contributed by atoms with van der Waals surface area (Å²) < 4.78 is 38.7. The Labute approximate surface area is 152 Å². The summed E-state index contributed by atoms with van der Waals surface area (Å²) in [5.41, 5.74) is 1.11. The highest BCUT2D eigenvalue weighted by Gasteiger charge is 2.31. The van der Waals surface area contributed by atoms with Crippen LogP contribution in [-0.2, 0) is 11.0 Å². The van der Waals surface area contributed by atoms with Crippen molar-refractivity contribution in [3.63, 3.8) is 0 Å². The summed E-state index contributed by atoms with van der Waals surface area (Å²) in [5.74, 6) is -0.627. The summed E-state index contributed by atoms with van der Waals surface area (Å²) in [7, 11) is 0. The summed E-state index contributed by atoms with van der Waals surface area (Å²) >= 11 is 5.73. The second-order valence-corrected chi connectivity index (χ2v) is 5.65. The molecule has 0 atom stereocenters. The fraction of sp³-hybridized carbons (Fsp3) is 0.0526. The van der Waals surface area contributed by atoms with Crippen LogP contribution < -0.4 is 5.32 Å². The lowest BCUT2D eigenvalue weighted by molar-refractivity contribution is -0.137. The van der Waals surface area contributed by atoms with Gasteiger partial charge in [0, 0.05) is 17.1 Å². The van der Waals surface area contributed by atoms with Crippen molar-refractivity contribution in [1.82, 2.24) is 4.98 Å². The van der Waals surface area contributed by atoms with E-state index in [9.17, 15) is 18.0 Å². The van der Waals surface area contributed by atoms with Crippen LogP contribution in [-0.4, -0.2) is 10.9 Å². The molecule has 3 rings (SSSR count). The standard InChI is InChI=1S/C19H12ClF3N2O/c20-11-15(13-5-1-7-14(10-13)19(21,22)23)18(26)25-16-8-2-4-12-6-3-9-24-17(12)16/h1-11H,(H,25,26)/b15-11-. The molecule has 0 spiro atoms. The van der Waals surface area contributed by atoms with Crippen LogP contribution in [0.3, 0.4) is 0 Å². The number of amides is 1. The molecular weight excluding hydrogens is 365 g/mol. The van der Waals surface area contributed by atoms with E-state index in [0.717, 1.165) is 23.1 Å². The van der Waals surface area contributed by atoms with Gasteiger partial charge >= 0.3 is 6.18 Å². The lowest BCUT2D eigenvalue weighted by atomic mass is 10.0. The molecule has 3 nitrogen and oxygen atoms in total. The van der Waals surface area contributed by atoms with Gasteiger partial charge in [-0.05, 0) is 29.8 Å². The average molecular weight is 377 g/mol. The minimum atomic E-state index is -4.51. The highest BCUT2D eigenvalue weighted by molar-refractivity contribution is 6.37. The van der Waals surface area contributed by atoms with Gasteiger partial charge in [0.05, 0.1) is 22.3 Å². The summed E-state index contributed by atoms with van der Waals surface area (Å²) in [6.45, 7) is 0. The first-order valence-electron chi connectivity index (χ1n) is 7.53. The van der Waals surface area contributed by atoms with E-state index in [4.69, 9.17) is 11.6 Å². The number of hydrogen-bond donors (Lipinski definition) is 1. The van der Waals surface area contributed by atoms with E-state index in [1.165, 1.54) is 12.1 Å². The molecule has 1 aromatic heterocycles. The number of para-hydroxylation sites is 1. The Hall–Kier alpha value is -2.86. The molecule has 0 aliphatic rings. The fourth-order valence-electron chi connectivity index (χ4n) is 2.50. The lowest BCUT2D eigenvalue weighted by Gasteiger charge is -2.12. The molecule has 0 saturated carbocycles. The molecule has 0 bridgehead atoms. The van der Waals surface area contributed by atoms with Gasteiger partial charge in [0.2, 0.25) is 0 Å². The molecular formula is C19H12ClF3N2O. The van der Waals surface area contributed by atoms with Gasteiger partial charge in [0.15, 0.2) is 0 Å². The van der Waals surface area contributed by atoms with Gasteiger partial charge in [-0.2, -0.15) is 13.2 Å². The first-order chi connectivity index (χ1) is 12.4. The highest BCUT2D eigenvalue weighted by atomic mass is 35.5. The van der Waals surface area contributed by atoms with Crippen molar-refractivity contribution < 1.29 is 18.0 Å². The Kier molecular flexibility index (Phi) is 4.95. The Morgan fingerprint density at radius 3 is 2.54 bits per heavy atom. The van der Waals surface area contributed by atoms with Crippen LogP contribution in [0.4, 0.5) is 18.9 Å². The average Bonchev–Trinajstić information content (AvgIpc) is 2.62. The van der Waals surface area contributed by atoms with Crippen LogP contribution in [0.2, 0.25) is 0 Å². The van der Waals surface area contributed by atoms with Gasteiger partial charge in [0.25, 0.3) is 5.91 Å². The minimum absolute atomic E-state index is 0.0699. The zero-order chi connectivity index (χ0) is 18.7. The van der Waals surface area contributed by atoms with Crippen molar-refractivity contribution in [2.45, 2.75) is 6.18 Å². The summed E-state index contributed by atoms with van der Waals surface area (Å²) in [6, 6.07) is 13.3. The highest BCUT2D eigenvalue weighted by Crippen LogP contribution is 2.31. The maximum atomic E-state index is 12.9. The van der Waals surface area contributed by atoms with Crippen molar-refractivity contribution in [2.75, 3.05) is 5.32 Å². The Morgan fingerprint density at radius 2 is 1.81 bits per heavy atom. The lowest BCUT2D eigenvalue weighted by Crippen LogP contribution is -2.14. The van der Waals surface area contributed by atoms with E-state index < -0.39 is 17.6 Å². The molecule has 1 amide bonds. The number of carbonyl (C=O) groups excluding carboxylic acids is 1. The van der Waals surface area contributed by atoms with Crippen LogP contribution in [0.25, 0.3) is 16.5 Å². The van der Waals surface area contributed by atoms with E-state index in [2.05, 4.69) is 10.3 Å². The number of fused-ring (bicyclic) bond motifs is 1. The van der Waals surface area contributed by atoms with E-state index in [1.54, 1.807) is 24.4 Å². The Bertz CT molecular complexity index is 994. The van der Waals surface area contributed by atoms with Gasteiger partial charge in [-0.3, -0.25) is 9.78 Å². The molecule has 1 heterocycles. The predicted molar refractivity (Wildman–Crippen MR) is 95.6 cm³/mol. The fourth-order valence-corrected chi connectivity index (χ4v) is 2.73. The number of pyridine rings is 1. The topological polar surface area (TPSA) is 42.0 Å². The number of halogens is 4. The molecule has 3 aromatic rings. The number of rotatable bonds is 3. The van der Waals surface area contributed by atoms with Crippen LogP contribution in [0.5, 0.6) is 0 Å². The van der Waals surface area contributed by atoms with Crippen molar-refractivity contribution in [3.8, 4) is 0 Å². The van der Waals surface area contributed by atoms with E-state index in [-0.39, 0.29) is 11.1 Å². The van der Waals surface area contributed by atoms with Gasteiger partial charge < -0.3 is 5.32 Å². The third-order valence-electron chi connectivity index (χ3n) is 3.74. The van der Waals surface area contributed by atoms with Gasteiger partial charge in [-0.15, -0.1) is 0 Å². The van der Waals surface area contributed by atoms with Crippen molar-refractivity contribution >= 4 is 39.7 Å². The molecule has 2 aromatic carbocycles. The Morgan fingerprint density at radius 1 is 1.08 bits per heavy atom. The number of nitrogens with zero attached hydrogens (tertiary/aromatic N) is 1. The molecule has 7 heteroatoms. The summed E-state index contributed by atoms with van der Waals surface area (Å²) in [4.78, 5) is 16.8. The number of anilines is 1. The van der Waals surface area contributed by atoms with E-state index in [1.807, 2.05) is 12.1 Å². The second-order valence-electron chi connectivity index (χ2n) is 5.44. The normalized spacial score (nSPS) is 12.2. The number of carbonyl (C=O) groups is 1. The number of alkyl halides is 3. The predicted octanol–water partition coefficient (Wildman–Crippen LogP) is 5.47. The maximum absolute atomic E-state index is 12.9. The second kappa shape index (κ2) is 7.17. The SMILES string of the molecule is O=C(Nc1cccc2cccnc12)/C(=C\Cl)c1cccc(C(F)(F)F)c1. The largest absolute Gasteiger partial charge is 0.416 e. The molecule has 132 valence electrons. The summed E-state index contributed by atoms with van der Waals surface area (Å²) in [5, 5.41) is 3.48. The molecule has 1 N–H and O–H groups in total. The molecule has 0 radical (unpaired) electrons. The number of aromatic nitrogens is 1. The molecule has 0 aliphatic carbocycles. The van der Waals surface area contributed by atoms with Crippen molar-refractivity contribution in [2.24, 2.45) is 0 Å². The first kappa shape index (κ1) is 17.9. The number of nitrogens with one attached hydrogen (secondary N) is 1. The van der Waals surface area contributed by atoms with E-state index in [0.29, 0.717) is 11.2 Å².